The first kappa shape index (κ1) is 30.4. The van der Waals surface area contributed by atoms with Gasteiger partial charge in [-0.3, -0.25) is 4.79 Å². The van der Waals surface area contributed by atoms with E-state index in [1.165, 1.54) is 17.7 Å². The van der Waals surface area contributed by atoms with Crippen LogP contribution in [0.2, 0.25) is 0 Å². The fraction of sp³-hybridized carbons (Fsp3) is 0.333. The molecule has 0 radical (unpaired) electrons. The van der Waals surface area contributed by atoms with Gasteiger partial charge in [-0.15, -0.1) is 0 Å². The zero-order valence-corrected chi connectivity index (χ0v) is 22.6. The Hall–Kier alpha value is -4.13. The second kappa shape index (κ2) is 16.7. The molecule has 0 bridgehead atoms. The van der Waals surface area contributed by atoms with Crippen LogP contribution >= 0.6 is 0 Å². The summed E-state index contributed by atoms with van der Waals surface area (Å²) < 4.78 is 24.4. The highest BCUT2D eigenvalue weighted by atomic mass is 19.1. The van der Waals surface area contributed by atoms with Crippen LogP contribution in [0.4, 0.5) is 4.39 Å². The van der Waals surface area contributed by atoms with E-state index >= 15 is 0 Å². The van der Waals surface area contributed by atoms with Crippen LogP contribution in [0.15, 0.2) is 84.9 Å². The number of unbranched alkanes of at least 4 members (excludes halogenated alkanes) is 1. The molecule has 0 aliphatic carbocycles. The molecule has 3 aromatic carbocycles. The minimum atomic E-state index is -0.943. The number of allylic oxidation sites excluding steroid dienone is 2. The van der Waals surface area contributed by atoms with Crippen molar-refractivity contribution in [1.29, 1.82) is 0 Å². The summed E-state index contributed by atoms with van der Waals surface area (Å²) >= 11 is 0. The van der Waals surface area contributed by atoms with Gasteiger partial charge in [0, 0.05) is 12.8 Å². The van der Waals surface area contributed by atoms with E-state index in [1.54, 1.807) is 24.3 Å². The van der Waals surface area contributed by atoms with E-state index in [4.69, 9.17) is 19.7 Å². The molecule has 0 aromatic heterocycles. The molecule has 0 fully saturated rings. The van der Waals surface area contributed by atoms with Gasteiger partial charge in [0.05, 0.1) is 18.8 Å². The van der Waals surface area contributed by atoms with Gasteiger partial charge in [-0.05, 0) is 97.7 Å². The molecule has 0 saturated heterocycles. The van der Waals surface area contributed by atoms with Gasteiger partial charge in [-0.25, -0.2) is 9.18 Å². The summed E-state index contributed by atoms with van der Waals surface area (Å²) in [6.07, 6.45) is 10.1. The highest BCUT2D eigenvalue weighted by Gasteiger charge is 2.09. The summed E-state index contributed by atoms with van der Waals surface area (Å²) in [7, 11) is 0. The van der Waals surface area contributed by atoms with Crippen molar-refractivity contribution in [3.05, 3.63) is 107 Å². The normalized spacial score (nSPS) is 11.8. The molecule has 0 aliphatic rings. The lowest BCUT2D eigenvalue weighted by molar-refractivity contribution is -0.137. The van der Waals surface area contributed by atoms with Crippen molar-refractivity contribution >= 4 is 11.9 Å². The Labute approximate surface area is 235 Å². The van der Waals surface area contributed by atoms with Crippen LogP contribution in [-0.2, 0) is 17.6 Å². The molecule has 1 atom stereocenters. The predicted molar refractivity (Wildman–Crippen MR) is 153 cm³/mol. The Balaban J connectivity index is 1.44. The molecule has 0 aliphatic heterocycles. The third-order valence-corrected chi connectivity index (χ3v) is 6.46. The summed E-state index contributed by atoms with van der Waals surface area (Å²) in [5, 5.41) is 18.1. The number of benzene rings is 3. The zero-order chi connectivity index (χ0) is 28.6. The van der Waals surface area contributed by atoms with Gasteiger partial charge < -0.3 is 19.7 Å². The van der Waals surface area contributed by atoms with Gasteiger partial charge in [0.2, 0.25) is 0 Å². The van der Waals surface area contributed by atoms with Gasteiger partial charge in [0.15, 0.2) is 0 Å². The molecule has 0 amide bonds. The number of carboxylic acids is 2. The van der Waals surface area contributed by atoms with E-state index in [1.807, 2.05) is 30.3 Å². The van der Waals surface area contributed by atoms with Crippen molar-refractivity contribution < 1.29 is 33.7 Å². The minimum Gasteiger partial charge on any atom is -0.493 e. The molecule has 212 valence electrons. The zero-order valence-electron chi connectivity index (χ0n) is 22.6. The van der Waals surface area contributed by atoms with Gasteiger partial charge >= 0.3 is 11.9 Å². The van der Waals surface area contributed by atoms with Crippen LogP contribution in [0.5, 0.6) is 11.5 Å². The number of halogens is 1. The molecule has 2 N–H and O–H groups in total. The maximum Gasteiger partial charge on any atom is 0.335 e. The Kier molecular flexibility index (Phi) is 12.7. The van der Waals surface area contributed by atoms with Crippen LogP contribution < -0.4 is 9.47 Å². The van der Waals surface area contributed by atoms with Crippen molar-refractivity contribution in [2.75, 3.05) is 13.2 Å². The van der Waals surface area contributed by atoms with E-state index in [2.05, 4.69) is 18.2 Å². The largest absolute Gasteiger partial charge is 0.493 e. The number of aromatic carboxylic acids is 1. The van der Waals surface area contributed by atoms with Gasteiger partial charge in [-0.2, -0.15) is 0 Å². The molecule has 0 saturated carbocycles. The van der Waals surface area contributed by atoms with E-state index in [9.17, 15) is 14.0 Å². The number of aryl methyl sites for hydroxylation is 1. The van der Waals surface area contributed by atoms with Crippen molar-refractivity contribution in [3.63, 3.8) is 0 Å². The summed E-state index contributed by atoms with van der Waals surface area (Å²) in [5.74, 6) is -0.317. The summed E-state index contributed by atoms with van der Waals surface area (Å²) in [4.78, 5) is 22.0. The summed E-state index contributed by atoms with van der Waals surface area (Å²) in [6, 6.07) is 20.9. The van der Waals surface area contributed by atoms with E-state index in [0.717, 1.165) is 43.4 Å². The lowest BCUT2D eigenvalue weighted by Crippen LogP contribution is -2.05. The van der Waals surface area contributed by atoms with Crippen molar-refractivity contribution in [1.82, 2.24) is 0 Å². The monoisotopic (exact) mass is 548 g/mol. The number of aliphatic carboxylic acids is 1. The first-order valence-corrected chi connectivity index (χ1v) is 13.7. The highest BCUT2D eigenvalue weighted by molar-refractivity contribution is 5.87. The van der Waals surface area contributed by atoms with Crippen molar-refractivity contribution in [2.24, 2.45) is 5.92 Å². The number of rotatable bonds is 18. The summed E-state index contributed by atoms with van der Waals surface area (Å²) in [5.41, 5.74) is 2.50. The second-order valence-electron chi connectivity index (χ2n) is 9.72. The lowest BCUT2D eigenvalue weighted by atomic mass is 9.92. The Morgan fingerprint density at radius 3 is 2.25 bits per heavy atom. The fourth-order valence-electron chi connectivity index (χ4n) is 4.33. The maximum atomic E-state index is 13.0. The van der Waals surface area contributed by atoms with Crippen LogP contribution in [0.1, 0.15) is 60.0 Å². The van der Waals surface area contributed by atoms with Gasteiger partial charge in [0.1, 0.15) is 17.3 Å². The second-order valence-corrected chi connectivity index (χ2v) is 9.72. The standard InChI is InChI=1S/C33H37FO6/c34-29-17-19-30(20-18-29)39-21-6-22-40-31-11-5-10-26(24-31)9-2-1-7-25(8-3-4-12-32(35)36)23-27-13-15-28(16-14-27)33(37)38/h1,5,7,10-11,13-20,24-25H,2-4,6,8-9,12,21-23H2,(H,35,36)(H,37,38). The van der Waals surface area contributed by atoms with Crippen molar-refractivity contribution in [3.8, 4) is 11.5 Å². The molecule has 0 spiro atoms. The number of carbonyl (C=O) groups is 2. The maximum absolute atomic E-state index is 13.0. The molecule has 40 heavy (non-hydrogen) atoms. The molecular weight excluding hydrogens is 511 g/mol. The van der Waals surface area contributed by atoms with E-state index in [-0.39, 0.29) is 23.7 Å². The average Bonchev–Trinajstić information content (AvgIpc) is 2.94. The predicted octanol–water partition coefficient (Wildman–Crippen LogP) is 7.36. The fourth-order valence-corrected chi connectivity index (χ4v) is 4.33. The van der Waals surface area contributed by atoms with Crippen LogP contribution in [0.3, 0.4) is 0 Å². The Morgan fingerprint density at radius 1 is 0.825 bits per heavy atom. The molecule has 3 rings (SSSR count). The van der Waals surface area contributed by atoms with Crippen LogP contribution in [-0.4, -0.2) is 35.4 Å². The Morgan fingerprint density at radius 2 is 1.55 bits per heavy atom. The smallest absolute Gasteiger partial charge is 0.335 e. The average molecular weight is 549 g/mol. The first-order chi connectivity index (χ1) is 19.4. The summed E-state index contributed by atoms with van der Waals surface area (Å²) in [6.45, 7) is 0.999. The number of ether oxygens (including phenoxy) is 2. The molecule has 0 heterocycles. The molecule has 1 unspecified atom stereocenters. The molecule has 7 heteroatoms. The Bertz CT molecular complexity index is 1220. The SMILES string of the molecule is O=C(O)CCCCC(C=CCCc1cccc(OCCCOc2ccc(F)cc2)c1)Cc1ccc(C(=O)O)cc1. The van der Waals surface area contributed by atoms with Crippen LogP contribution in [0.25, 0.3) is 0 Å². The quantitative estimate of drug-likeness (QED) is 0.127. The number of carboxylic acid groups (broad SMARTS) is 2. The molecular formula is C33H37FO6. The first-order valence-electron chi connectivity index (χ1n) is 13.7. The molecule has 6 nitrogen and oxygen atoms in total. The number of hydrogen-bond donors (Lipinski definition) is 2. The van der Waals surface area contributed by atoms with E-state index in [0.29, 0.717) is 31.8 Å². The third-order valence-electron chi connectivity index (χ3n) is 6.46. The van der Waals surface area contributed by atoms with Crippen LogP contribution in [0, 0.1) is 11.7 Å². The topological polar surface area (TPSA) is 93.1 Å². The third kappa shape index (κ3) is 11.7. The van der Waals surface area contributed by atoms with Gasteiger partial charge in [-0.1, -0.05) is 42.8 Å². The lowest BCUT2D eigenvalue weighted by Gasteiger charge is -2.13. The minimum absolute atomic E-state index is 0.170. The van der Waals surface area contributed by atoms with Gasteiger partial charge in [0.25, 0.3) is 0 Å². The van der Waals surface area contributed by atoms with E-state index < -0.39 is 11.9 Å². The molecule has 3 aromatic rings. The number of hydrogen-bond acceptors (Lipinski definition) is 4. The van der Waals surface area contributed by atoms with Crippen molar-refractivity contribution in [2.45, 2.75) is 51.4 Å². The highest BCUT2D eigenvalue weighted by Crippen LogP contribution is 2.20.